The molecule has 1 saturated heterocycles. The minimum atomic E-state index is -0.508. The van der Waals surface area contributed by atoms with Crippen molar-refractivity contribution in [2.24, 2.45) is 11.7 Å². The monoisotopic (exact) mass is 289 g/mol. The number of hydrogen-bond donors (Lipinski definition) is 1. The lowest BCUT2D eigenvalue weighted by Gasteiger charge is -2.33. The molecule has 1 amide bonds. The van der Waals surface area contributed by atoms with E-state index in [0.717, 1.165) is 43.8 Å². The maximum Gasteiger partial charge on any atom is 0.248 e. The number of methoxy groups -OCH3 is 1. The smallest absolute Gasteiger partial charge is 0.248 e. The second kappa shape index (κ2) is 5.66. The van der Waals surface area contributed by atoms with Crippen LogP contribution < -0.4 is 15.5 Å². The first-order valence-electron chi connectivity index (χ1n) is 7.52. The summed E-state index contributed by atoms with van der Waals surface area (Å²) < 4.78 is 5.24. The van der Waals surface area contributed by atoms with Crippen LogP contribution in [-0.2, 0) is 9.53 Å². The van der Waals surface area contributed by atoms with Crippen LogP contribution in [0.1, 0.15) is 24.4 Å². The number of anilines is 2. The highest BCUT2D eigenvalue weighted by Crippen LogP contribution is 2.37. The van der Waals surface area contributed by atoms with Gasteiger partial charge in [0.1, 0.15) is 6.04 Å². The lowest BCUT2D eigenvalue weighted by molar-refractivity contribution is -0.118. The van der Waals surface area contributed by atoms with Gasteiger partial charge in [-0.25, -0.2) is 0 Å². The van der Waals surface area contributed by atoms with E-state index in [2.05, 4.69) is 17.0 Å². The quantitative estimate of drug-likeness (QED) is 0.916. The number of ether oxygens (including phenoxy) is 1. The normalized spacial score (nSPS) is 22.8. The molecule has 2 aliphatic rings. The molecule has 1 unspecified atom stereocenters. The molecule has 2 heterocycles. The van der Waals surface area contributed by atoms with Gasteiger partial charge in [-0.3, -0.25) is 4.79 Å². The predicted octanol–water partition coefficient (Wildman–Crippen LogP) is 1.53. The van der Waals surface area contributed by atoms with Gasteiger partial charge in [-0.05, 0) is 30.9 Å². The fraction of sp³-hybridized carbons (Fsp3) is 0.562. The molecule has 5 heteroatoms. The Morgan fingerprint density at radius 1 is 1.33 bits per heavy atom. The number of piperidine rings is 1. The first-order chi connectivity index (χ1) is 10.1. The third-order valence-corrected chi connectivity index (χ3v) is 4.69. The van der Waals surface area contributed by atoms with Gasteiger partial charge in [-0.15, -0.1) is 0 Å². The first kappa shape index (κ1) is 14.4. The molecule has 1 aromatic rings. The average molecular weight is 289 g/mol. The van der Waals surface area contributed by atoms with Crippen molar-refractivity contribution in [3.8, 4) is 0 Å². The Hall–Kier alpha value is -1.59. The van der Waals surface area contributed by atoms with Crippen molar-refractivity contribution in [3.63, 3.8) is 0 Å². The molecule has 2 aliphatic heterocycles. The van der Waals surface area contributed by atoms with E-state index in [0.29, 0.717) is 5.92 Å². The van der Waals surface area contributed by atoms with Gasteiger partial charge in [-0.2, -0.15) is 0 Å². The second-order valence-electron chi connectivity index (χ2n) is 6.00. The van der Waals surface area contributed by atoms with Gasteiger partial charge in [0.05, 0.1) is 5.69 Å². The molecule has 3 rings (SSSR count). The van der Waals surface area contributed by atoms with Crippen LogP contribution in [0, 0.1) is 5.92 Å². The van der Waals surface area contributed by atoms with Crippen LogP contribution in [0.4, 0.5) is 11.4 Å². The SMILES string of the molecule is COCC1CCN(c2ccc3c(c2)N(C)C(=O)C3N)CC1. The maximum absolute atomic E-state index is 11.9. The first-order valence-corrected chi connectivity index (χ1v) is 7.52. The fourth-order valence-electron chi connectivity index (χ4n) is 3.34. The number of likely N-dealkylation sites (N-methyl/N-ethyl adjacent to an activating group) is 1. The van der Waals surface area contributed by atoms with Crippen molar-refractivity contribution in [1.29, 1.82) is 0 Å². The summed E-state index contributed by atoms with van der Waals surface area (Å²) in [7, 11) is 3.56. The van der Waals surface area contributed by atoms with Crippen molar-refractivity contribution in [1.82, 2.24) is 0 Å². The van der Waals surface area contributed by atoms with Gasteiger partial charge in [0.2, 0.25) is 5.91 Å². The predicted molar refractivity (Wildman–Crippen MR) is 83.6 cm³/mol. The third-order valence-electron chi connectivity index (χ3n) is 4.69. The Bertz CT molecular complexity index is 538. The number of hydrogen-bond acceptors (Lipinski definition) is 4. The summed E-state index contributed by atoms with van der Waals surface area (Å²) in [5, 5.41) is 0. The van der Waals surface area contributed by atoms with Crippen molar-refractivity contribution in [3.05, 3.63) is 23.8 Å². The highest BCUT2D eigenvalue weighted by atomic mass is 16.5. The zero-order chi connectivity index (χ0) is 15.0. The molecule has 21 heavy (non-hydrogen) atoms. The molecule has 0 spiro atoms. The van der Waals surface area contributed by atoms with Crippen LogP contribution in [0.25, 0.3) is 0 Å². The topological polar surface area (TPSA) is 58.8 Å². The van der Waals surface area contributed by atoms with Crippen molar-refractivity contribution in [2.45, 2.75) is 18.9 Å². The molecule has 0 radical (unpaired) electrons. The summed E-state index contributed by atoms with van der Waals surface area (Å²) >= 11 is 0. The molecule has 0 aliphatic carbocycles. The Morgan fingerprint density at radius 3 is 2.71 bits per heavy atom. The number of amides is 1. The largest absolute Gasteiger partial charge is 0.384 e. The van der Waals surface area contributed by atoms with Crippen molar-refractivity contribution in [2.75, 3.05) is 43.7 Å². The summed E-state index contributed by atoms with van der Waals surface area (Å²) in [5.41, 5.74) is 9.00. The minimum absolute atomic E-state index is 0.0269. The fourth-order valence-corrected chi connectivity index (χ4v) is 3.34. The Balaban J connectivity index is 1.76. The molecule has 1 atom stereocenters. The van der Waals surface area contributed by atoms with Crippen molar-refractivity contribution >= 4 is 17.3 Å². The summed E-state index contributed by atoms with van der Waals surface area (Å²) in [5.74, 6) is 0.638. The number of carbonyl (C=O) groups excluding carboxylic acids is 1. The Kier molecular flexibility index (Phi) is 3.87. The van der Waals surface area contributed by atoms with Gasteiger partial charge in [0.25, 0.3) is 0 Å². The Labute approximate surface area is 125 Å². The van der Waals surface area contributed by atoms with Crippen LogP contribution >= 0.6 is 0 Å². The van der Waals surface area contributed by atoms with Crippen LogP contribution in [0.5, 0.6) is 0 Å². The molecule has 114 valence electrons. The third kappa shape index (κ3) is 2.51. The molecule has 1 aromatic carbocycles. The number of fused-ring (bicyclic) bond motifs is 1. The number of carbonyl (C=O) groups is 1. The molecule has 0 saturated carbocycles. The highest BCUT2D eigenvalue weighted by Gasteiger charge is 2.33. The molecule has 0 aromatic heterocycles. The summed E-state index contributed by atoms with van der Waals surface area (Å²) in [6.45, 7) is 2.93. The van der Waals surface area contributed by atoms with Crippen LogP contribution in [0.2, 0.25) is 0 Å². The van der Waals surface area contributed by atoms with Crippen LogP contribution in [-0.4, -0.2) is 39.8 Å². The molecule has 2 N–H and O–H groups in total. The number of benzene rings is 1. The second-order valence-corrected chi connectivity index (χ2v) is 6.00. The van der Waals surface area contributed by atoms with Gasteiger partial charge in [0.15, 0.2) is 0 Å². The number of nitrogens with two attached hydrogens (primary N) is 1. The summed E-state index contributed by atoms with van der Waals surface area (Å²) in [4.78, 5) is 16.0. The lowest BCUT2D eigenvalue weighted by Crippen LogP contribution is -2.35. The van der Waals surface area contributed by atoms with E-state index in [1.807, 2.05) is 6.07 Å². The van der Waals surface area contributed by atoms with Crippen molar-refractivity contribution < 1.29 is 9.53 Å². The van der Waals surface area contributed by atoms with E-state index in [9.17, 15) is 4.79 Å². The minimum Gasteiger partial charge on any atom is -0.384 e. The number of nitrogens with zero attached hydrogens (tertiary/aromatic N) is 2. The highest BCUT2D eigenvalue weighted by molar-refractivity contribution is 6.04. The van der Waals surface area contributed by atoms with E-state index in [1.54, 1.807) is 19.1 Å². The Morgan fingerprint density at radius 2 is 2.05 bits per heavy atom. The van der Waals surface area contributed by atoms with E-state index < -0.39 is 6.04 Å². The van der Waals surface area contributed by atoms with Crippen LogP contribution in [0.3, 0.4) is 0 Å². The van der Waals surface area contributed by atoms with Crippen LogP contribution in [0.15, 0.2) is 18.2 Å². The van der Waals surface area contributed by atoms with Gasteiger partial charge in [0, 0.05) is 45.1 Å². The average Bonchev–Trinajstić information content (AvgIpc) is 2.73. The van der Waals surface area contributed by atoms with E-state index in [-0.39, 0.29) is 5.91 Å². The molecule has 1 fully saturated rings. The van der Waals surface area contributed by atoms with E-state index >= 15 is 0 Å². The van der Waals surface area contributed by atoms with E-state index in [1.165, 1.54) is 5.69 Å². The molecular formula is C16H23N3O2. The molecular weight excluding hydrogens is 266 g/mol. The lowest BCUT2D eigenvalue weighted by atomic mass is 9.97. The molecule has 5 nitrogen and oxygen atoms in total. The van der Waals surface area contributed by atoms with E-state index in [4.69, 9.17) is 10.5 Å². The van der Waals surface area contributed by atoms with Gasteiger partial charge in [-0.1, -0.05) is 6.07 Å². The maximum atomic E-state index is 11.9. The van der Waals surface area contributed by atoms with Gasteiger partial charge < -0.3 is 20.3 Å². The standard InChI is InChI=1S/C16H23N3O2/c1-18-14-9-12(3-4-13(14)15(17)16(18)20)19-7-5-11(6-8-19)10-21-2/h3-4,9,11,15H,5-8,10,17H2,1-2H3. The van der Waals surface area contributed by atoms with Gasteiger partial charge >= 0.3 is 0 Å². The summed E-state index contributed by atoms with van der Waals surface area (Å²) in [6.07, 6.45) is 2.30. The summed E-state index contributed by atoms with van der Waals surface area (Å²) in [6, 6.07) is 5.67. The zero-order valence-electron chi connectivity index (χ0n) is 12.7. The zero-order valence-corrected chi connectivity index (χ0v) is 12.7. The number of rotatable bonds is 3. The molecule has 0 bridgehead atoms.